The van der Waals surface area contributed by atoms with Gasteiger partial charge in [0.2, 0.25) is 5.88 Å². The van der Waals surface area contributed by atoms with Crippen molar-refractivity contribution in [1.82, 2.24) is 0 Å². The summed E-state index contributed by atoms with van der Waals surface area (Å²) in [6, 6.07) is 21.2. The summed E-state index contributed by atoms with van der Waals surface area (Å²) in [6.45, 7) is 0. The maximum atomic E-state index is 12.4. The molecule has 3 aromatic carbocycles. The van der Waals surface area contributed by atoms with Gasteiger partial charge in [0.25, 0.3) is 0 Å². The molecule has 0 bridgehead atoms. The molecule has 0 saturated heterocycles. The summed E-state index contributed by atoms with van der Waals surface area (Å²) in [5, 5.41) is 10.2. The number of allylic oxidation sites excluding steroid dienone is 1. The molecule has 3 aromatic rings. The average Bonchev–Trinajstić information content (AvgIpc) is 2.74. The molecule has 30 heavy (non-hydrogen) atoms. The van der Waals surface area contributed by atoms with E-state index < -0.39 is 11.9 Å². The minimum absolute atomic E-state index is 0.0151. The molecule has 0 aromatic heterocycles. The third-order valence-electron chi connectivity index (χ3n) is 4.68. The van der Waals surface area contributed by atoms with Gasteiger partial charge in [0.15, 0.2) is 0 Å². The molecular weight excluding hydrogens is 468 g/mol. The van der Waals surface area contributed by atoms with Gasteiger partial charge in [0.05, 0.1) is 11.5 Å². The van der Waals surface area contributed by atoms with Gasteiger partial charge >= 0.3 is 5.97 Å². The van der Waals surface area contributed by atoms with Gasteiger partial charge in [0.1, 0.15) is 23.1 Å². The van der Waals surface area contributed by atoms with Crippen LogP contribution in [0, 0.1) is 11.3 Å². The standard InChI is InChI=1S/C23H14BrClN2O3/c24-15-5-1-14(2-6-15)23(28)29-17-9-10-18-20(11-17)30-22(27)19(12-26)21(18)13-3-7-16(25)8-4-13/h1-11,21H,27H2. The molecule has 0 radical (unpaired) electrons. The minimum atomic E-state index is -0.492. The van der Waals surface area contributed by atoms with Crippen LogP contribution >= 0.6 is 27.5 Å². The topological polar surface area (TPSA) is 85.3 Å². The summed E-state index contributed by atoms with van der Waals surface area (Å²) in [5.41, 5.74) is 8.34. The molecule has 0 spiro atoms. The van der Waals surface area contributed by atoms with Crippen LogP contribution in [-0.4, -0.2) is 5.97 Å². The van der Waals surface area contributed by atoms with Crippen molar-refractivity contribution in [3.05, 3.63) is 104 Å². The number of rotatable bonds is 3. The van der Waals surface area contributed by atoms with Gasteiger partial charge < -0.3 is 15.2 Å². The van der Waals surface area contributed by atoms with E-state index in [-0.39, 0.29) is 5.88 Å². The van der Waals surface area contributed by atoms with Crippen molar-refractivity contribution in [3.8, 4) is 17.6 Å². The maximum absolute atomic E-state index is 12.4. The fourth-order valence-electron chi connectivity index (χ4n) is 3.25. The highest BCUT2D eigenvalue weighted by molar-refractivity contribution is 9.10. The Bertz CT molecular complexity index is 1200. The number of fused-ring (bicyclic) bond motifs is 1. The summed E-state index contributed by atoms with van der Waals surface area (Å²) in [5.74, 6) is -0.153. The van der Waals surface area contributed by atoms with Crippen molar-refractivity contribution in [2.45, 2.75) is 5.92 Å². The number of nitrogens with two attached hydrogens (primary N) is 1. The number of benzene rings is 3. The molecule has 148 valence electrons. The van der Waals surface area contributed by atoms with Gasteiger partial charge in [-0.2, -0.15) is 5.26 Å². The number of esters is 1. The smallest absolute Gasteiger partial charge is 0.343 e. The Hall–Kier alpha value is -3.27. The van der Waals surface area contributed by atoms with Gasteiger partial charge in [0, 0.05) is 21.1 Å². The molecule has 2 N–H and O–H groups in total. The van der Waals surface area contributed by atoms with E-state index in [1.165, 1.54) is 0 Å². The molecule has 0 aliphatic carbocycles. The SMILES string of the molecule is N#CC1=C(N)Oc2cc(OC(=O)c3ccc(Br)cc3)ccc2C1c1ccc(Cl)cc1. The number of carbonyl (C=O) groups excluding carboxylic acids is 1. The highest BCUT2D eigenvalue weighted by atomic mass is 79.9. The van der Waals surface area contributed by atoms with E-state index in [2.05, 4.69) is 22.0 Å². The molecule has 1 heterocycles. The lowest BCUT2D eigenvalue weighted by atomic mass is 9.83. The van der Waals surface area contributed by atoms with Crippen LogP contribution in [0.4, 0.5) is 0 Å². The van der Waals surface area contributed by atoms with Crippen LogP contribution in [0.5, 0.6) is 11.5 Å². The third kappa shape index (κ3) is 3.90. The predicted octanol–water partition coefficient (Wildman–Crippen LogP) is 5.54. The number of hydrogen-bond donors (Lipinski definition) is 1. The number of carbonyl (C=O) groups is 1. The van der Waals surface area contributed by atoms with Crippen molar-refractivity contribution in [1.29, 1.82) is 5.26 Å². The zero-order chi connectivity index (χ0) is 21.3. The van der Waals surface area contributed by atoms with Crippen molar-refractivity contribution in [2.75, 3.05) is 0 Å². The predicted molar refractivity (Wildman–Crippen MR) is 116 cm³/mol. The average molecular weight is 482 g/mol. The van der Waals surface area contributed by atoms with E-state index >= 15 is 0 Å². The molecule has 0 amide bonds. The monoisotopic (exact) mass is 480 g/mol. The lowest BCUT2D eigenvalue weighted by Crippen LogP contribution is -2.21. The molecule has 1 aliphatic heterocycles. The van der Waals surface area contributed by atoms with Gasteiger partial charge in [-0.05, 0) is 48.0 Å². The molecule has 0 fully saturated rings. The largest absolute Gasteiger partial charge is 0.440 e. The summed E-state index contributed by atoms with van der Waals surface area (Å²) in [6.07, 6.45) is 0. The number of hydrogen-bond acceptors (Lipinski definition) is 5. The number of halogens is 2. The van der Waals surface area contributed by atoms with Crippen molar-refractivity contribution in [3.63, 3.8) is 0 Å². The molecule has 1 aliphatic rings. The highest BCUT2D eigenvalue weighted by Crippen LogP contribution is 2.43. The lowest BCUT2D eigenvalue weighted by Gasteiger charge is -2.26. The molecule has 1 atom stereocenters. The quantitative estimate of drug-likeness (QED) is 0.392. The Morgan fingerprint density at radius 2 is 1.80 bits per heavy atom. The van der Waals surface area contributed by atoms with Gasteiger partial charge in [-0.3, -0.25) is 0 Å². The van der Waals surface area contributed by atoms with Crippen LogP contribution in [-0.2, 0) is 0 Å². The fourth-order valence-corrected chi connectivity index (χ4v) is 3.64. The summed E-state index contributed by atoms with van der Waals surface area (Å²) in [4.78, 5) is 12.4. The molecule has 0 saturated carbocycles. The summed E-state index contributed by atoms with van der Waals surface area (Å²) in [7, 11) is 0. The Morgan fingerprint density at radius 3 is 2.47 bits per heavy atom. The minimum Gasteiger partial charge on any atom is -0.440 e. The first-order valence-corrected chi connectivity index (χ1v) is 10.1. The van der Waals surface area contributed by atoms with E-state index in [9.17, 15) is 10.1 Å². The normalized spacial score (nSPS) is 15.0. The number of nitrogens with zero attached hydrogens (tertiary/aromatic N) is 1. The molecular formula is C23H14BrClN2O3. The zero-order valence-electron chi connectivity index (χ0n) is 15.4. The Morgan fingerprint density at radius 1 is 1.10 bits per heavy atom. The molecule has 1 unspecified atom stereocenters. The molecule has 4 rings (SSSR count). The van der Waals surface area contributed by atoms with Crippen LogP contribution in [0.1, 0.15) is 27.4 Å². The first kappa shape index (κ1) is 20.0. The zero-order valence-corrected chi connectivity index (χ0v) is 17.8. The van der Waals surface area contributed by atoms with Crippen molar-refractivity contribution in [2.24, 2.45) is 5.73 Å². The van der Waals surface area contributed by atoms with Gasteiger partial charge in [-0.25, -0.2) is 4.79 Å². The second-order valence-electron chi connectivity index (χ2n) is 6.57. The Labute approximate surface area is 186 Å². The first-order chi connectivity index (χ1) is 14.5. The van der Waals surface area contributed by atoms with E-state index in [1.807, 2.05) is 12.1 Å². The van der Waals surface area contributed by atoms with Crippen LogP contribution in [0.2, 0.25) is 5.02 Å². The molecule has 7 heteroatoms. The van der Waals surface area contributed by atoms with Crippen molar-refractivity contribution >= 4 is 33.5 Å². The van der Waals surface area contributed by atoms with Crippen LogP contribution in [0.3, 0.4) is 0 Å². The second-order valence-corrected chi connectivity index (χ2v) is 7.92. The number of nitriles is 1. The lowest BCUT2D eigenvalue weighted by molar-refractivity contribution is 0.0734. The summed E-state index contributed by atoms with van der Waals surface area (Å²) >= 11 is 9.33. The summed E-state index contributed by atoms with van der Waals surface area (Å²) < 4.78 is 12.0. The van der Waals surface area contributed by atoms with E-state index in [0.717, 1.165) is 15.6 Å². The maximum Gasteiger partial charge on any atom is 0.343 e. The highest BCUT2D eigenvalue weighted by Gasteiger charge is 2.31. The first-order valence-electron chi connectivity index (χ1n) is 8.91. The second kappa shape index (κ2) is 8.23. The fraction of sp³-hybridized carbons (Fsp3) is 0.0435. The van der Waals surface area contributed by atoms with E-state index in [4.69, 9.17) is 26.8 Å². The van der Waals surface area contributed by atoms with Crippen LogP contribution < -0.4 is 15.2 Å². The molecule has 5 nitrogen and oxygen atoms in total. The third-order valence-corrected chi connectivity index (χ3v) is 5.46. The van der Waals surface area contributed by atoms with Gasteiger partial charge in [-0.15, -0.1) is 0 Å². The van der Waals surface area contributed by atoms with Crippen LogP contribution in [0.15, 0.2) is 82.7 Å². The van der Waals surface area contributed by atoms with Crippen LogP contribution in [0.25, 0.3) is 0 Å². The van der Waals surface area contributed by atoms with Gasteiger partial charge in [-0.1, -0.05) is 45.7 Å². The van der Waals surface area contributed by atoms with E-state index in [0.29, 0.717) is 27.7 Å². The Kier molecular flexibility index (Phi) is 5.49. The number of ether oxygens (including phenoxy) is 2. The Balaban J connectivity index is 1.68. The van der Waals surface area contributed by atoms with Crippen molar-refractivity contribution < 1.29 is 14.3 Å². The van der Waals surface area contributed by atoms with E-state index in [1.54, 1.807) is 54.6 Å².